The van der Waals surface area contributed by atoms with Crippen molar-refractivity contribution >= 4 is 17.6 Å². The van der Waals surface area contributed by atoms with E-state index in [-0.39, 0.29) is 17.7 Å². The fourth-order valence-electron chi connectivity index (χ4n) is 3.59. The number of aromatic nitrogens is 2. The van der Waals surface area contributed by atoms with Crippen molar-refractivity contribution in [3.05, 3.63) is 12.3 Å². The summed E-state index contributed by atoms with van der Waals surface area (Å²) >= 11 is 0. The summed E-state index contributed by atoms with van der Waals surface area (Å²) in [4.78, 5) is 25.5. The average Bonchev–Trinajstić information content (AvgIpc) is 3.26. The number of nitrogens with zero attached hydrogens (tertiary/aromatic N) is 3. The second-order valence-corrected chi connectivity index (χ2v) is 6.59. The topological polar surface area (TPSA) is 93.2 Å². The molecule has 7 heteroatoms. The highest BCUT2D eigenvalue weighted by atomic mass is 16.2. The molecule has 0 unspecified atom stereocenters. The highest BCUT2D eigenvalue weighted by molar-refractivity contribution is 5.90. The molecule has 0 spiro atoms. The van der Waals surface area contributed by atoms with Crippen LogP contribution < -0.4 is 11.1 Å². The molecule has 1 aromatic heterocycles. The Kier molecular flexibility index (Phi) is 4.95. The number of anilines is 1. The molecule has 0 bridgehead atoms. The summed E-state index contributed by atoms with van der Waals surface area (Å²) in [5, 5.41) is 7.33. The lowest BCUT2D eigenvalue weighted by molar-refractivity contribution is -0.121. The SMILES string of the molecule is NC(=O)[C@H]1CCN(CCC(=O)Nc2ccnn2C2CCCC2)C1. The molecule has 7 nitrogen and oxygen atoms in total. The quantitative estimate of drug-likeness (QED) is 0.822. The Morgan fingerprint density at radius 3 is 2.78 bits per heavy atom. The first kappa shape index (κ1) is 16.0. The van der Waals surface area contributed by atoms with Gasteiger partial charge in [-0.25, -0.2) is 4.68 Å². The zero-order valence-corrected chi connectivity index (χ0v) is 13.4. The molecule has 3 rings (SSSR count). The zero-order chi connectivity index (χ0) is 16.2. The van der Waals surface area contributed by atoms with E-state index in [1.807, 2.05) is 10.7 Å². The van der Waals surface area contributed by atoms with Crippen LogP contribution in [0, 0.1) is 5.92 Å². The number of primary amides is 1. The lowest BCUT2D eigenvalue weighted by Gasteiger charge is -2.17. The van der Waals surface area contributed by atoms with Crippen LogP contribution in [0.25, 0.3) is 0 Å². The van der Waals surface area contributed by atoms with Gasteiger partial charge in [-0.05, 0) is 25.8 Å². The maximum atomic E-state index is 12.2. The van der Waals surface area contributed by atoms with Gasteiger partial charge in [0.15, 0.2) is 0 Å². The molecule has 0 aromatic carbocycles. The average molecular weight is 319 g/mol. The summed E-state index contributed by atoms with van der Waals surface area (Å²) in [5.41, 5.74) is 5.33. The van der Waals surface area contributed by atoms with Crippen molar-refractivity contribution in [2.75, 3.05) is 25.0 Å². The zero-order valence-electron chi connectivity index (χ0n) is 13.4. The molecule has 2 fully saturated rings. The Hall–Kier alpha value is -1.89. The third-order valence-corrected chi connectivity index (χ3v) is 4.94. The van der Waals surface area contributed by atoms with Crippen molar-refractivity contribution in [3.8, 4) is 0 Å². The molecule has 2 heterocycles. The number of rotatable bonds is 6. The summed E-state index contributed by atoms with van der Waals surface area (Å²) in [6.07, 6.45) is 7.68. The fourth-order valence-corrected chi connectivity index (χ4v) is 3.59. The molecule has 1 atom stereocenters. The Morgan fingerprint density at radius 2 is 2.09 bits per heavy atom. The maximum absolute atomic E-state index is 12.2. The number of likely N-dealkylation sites (tertiary alicyclic amines) is 1. The van der Waals surface area contributed by atoms with Gasteiger partial charge in [-0.3, -0.25) is 9.59 Å². The summed E-state index contributed by atoms with van der Waals surface area (Å²) < 4.78 is 1.95. The maximum Gasteiger partial charge on any atom is 0.226 e. The summed E-state index contributed by atoms with van der Waals surface area (Å²) in [6.45, 7) is 2.16. The molecule has 23 heavy (non-hydrogen) atoms. The minimum absolute atomic E-state index is 0.00716. The van der Waals surface area contributed by atoms with Gasteiger partial charge < -0.3 is 16.0 Å². The van der Waals surface area contributed by atoms with Crippen molar-refractivity contribution in [2.45, 2.75) is 44.6 Å². The van der Waals surface area contributed by atoms with Crippen molar-refractivity contribution < 1.29 is 9.59 Å². The number of carbonyl (C=O) groups is 2. The first-order valence-electron chi connectivity index (χ1n) is 8.48. The van der Waals surface area contributed by atoms with Crippen molar-refractivity contribution in [3.63, 3.8) is 0 Å². The summed E-state index contributed by atoms with van der Waals surface area (Å²) in [6, 6.07) is 2.27. The second-order valence-electron chi connectivity index (χ2n) is 6.59. The number of carbonyl (C=O) groups excluding carboxylic acids is 2. The first-order chi connectivity index (χ1) is 11.1. The van der Waals surface area contributed by atoms with E-state index in [2.05, 4.69) is 15.3 Å². The van der Waals surface area contributed by atoms with E-state index in [1.165, 1.54) is 12.8 Å². The molecule has 0 radical (unpaired) electrons. The molecule has 126 valence electrons. The van der Waals surface area contributed by atoms with Crippen molar-refractivity contribution in [1.29, 1.82) is 0 Å². The third-order valence-electron chi connectivity index (χ3n) is 4.94. The molecule has 1 aliphatic heterocycles. The van der Waals surface area contributed by atoms with Crippen LogP contribution in [0.1, 0.15) is 44.6 Å². The minimum Gasteiger partial charge on any atom is -0.369 e. The van der Waals surface area contributed by atoms with E-state index in [4.69, 9.17) is 5.73 Å². The number of hydrogen-bond donors (Lipinski definition) is 2. The van der Waals surface area contributed by atoms with Gasteiger partial charge in [-0.1, -0.05) is 12.8 Å². The van der Waals surface area contributed by atoms with Crippen LogP contribution in [0.15, 0.2) is 12.3 Å². The molecule has 1 saturated carbocycles. The van der Waals surface area contributed by atoms with E-state index in [0.29, 0.717) is 25.6 Å². The fraction of sp³-hybridized carbons (Fsp3) is 0.688. The van der Waals surface area contributed by atoms with E-state index in [1.54, 1.807) is 6.20 Å². The van der Waals surface area contributed by atoms with Crippen molar-refractivity contribution in [2.24, 2.45) is 11.7 Å². The van der Waals surface area contributed by atoms with Gasteiger partial charge in [-0.15, -0.1) is 0 Å². The normalized spacial score (nSPS) is 22.5. The van der Waals surface area contributed by atoms with Crippen LogP contribution in [-0.2, 0) is 9.59 Å². The predicted octanol–water partition coefficient (Wildman–Crippen LogP) is 1.13. The van der Waals surface area contributed by atoms with Gasteiger partial charge >= 0.3 is 0 Å². The molecular formula is C16H25N5O2. The van der Waals surface area contributed by atoms with Gasteiger partial charge in [-0.2, -0.15) is 5.10 Å². The molecule has 1 aromatic rings. The van der Waals surface area contributed by atoms with Gasteiger partial charge in [0.25, 0.3) is 0 Å². The van der Waals surface area contributed by atoms with Crippen LogP contribution in [0.2, 0.25) is 0 Å². The van der Waals surface area contributed by atoms with Gasteiger partial charge in [0.2, 0.25) is 11.8 Å². The Morgan fingerprint density at radius 1 is 1.30 bits per heavy atom. The molecular weight excluding hydrogens is 294 g/mol. The second kappa shape index (κ2) is 7.12. The van der Waals surface area contributed by atoms with Crippen LogP contribution in [-0.4, -0.2) is 46.1 Å². The largest absolute Gasteiger partial charge is 0.369 e. The number of nitrogens with two attached hydrogens (primary N) is 1. The molecule has 1 saturated heterocycles. The van der Waals surface area contributed by atoms with Gasteiger partial charge in [0, 0.05) is 25.6 Å². The molecule has 1 aliphatic carbocycles. The molecule has 3 N–H and O–H groups in total. The van der Waals surface area contributed by atoms with Crippen LogP contribution in [0.5, 0.6) is 0 Å². The van der Waals surface area contributed by atoms with Gasteiger partial charge in [0.05, 0.1) is 18.2 Å². The van der Waals surface area contributed by atoms with E-state index < -0.39 is 0 Å². The number of amides is 2. The Balaban J connectivity index is 1.47. The third kappa shape index (κ3) is 3.90. The van der Waals surface area contributed by atoms with Crippen molar-refractivity contribution in [1.82, 2.24) is 14.7 Å². The molecule has 2 amide bonds. The molecule has 2 aliphatic rings. The monoisotopic (exact) mass is 319 g/mol. The van der Waals surface area contributed by atoms with E-state index in [0.717, 1.165) is 31.6 Å². The van der Waals surface area contributed by atoms with E-state index in [9.17, 15) is 9.59 Å². The smallest absolute Gasteiger partial charge is 0.226 e. The van der Waals surface area contributed by atoms with Crippen LogP contribution >= 0.6 is 0 Å². The minimum atomic E-state index is -0.239. The van der Waals surface area contributed by atoms with Crippen LogP contribution in [0.3, 0.4) is 0 Å². The number of hydrogen-bond acceptors (Lipinski definition) is 4. The van der Waals surface area contributed by atoms with Crippen LogP contribution in [0.4, 0.5) is 5.82 Å². The van der Waals surface area contributed by atoms with E-state index >= 15 is 0 Å². The highest BCUT2D eigenvalue weighted by Gasteiger charge is 2.26. The lowest BCUT2D eigenvalue weighted by atomic mass is 10.1. The number of nitrogens with one attached hydrogen (secondary N) is 1. The predicted molar refractivity (Wildman–Crippen MR) is 86.7 cm³/mol. The van der Waals surface area contributed by atoms with Gasteiger partial charge in [0.1, 0.15) is 5.82 Å². The Labute approximate surface area is 136 Å². The highest BCUT2D eigenvalue weighted by Crippen LogP contribution is 2.31. The first-order valence-corrected chi connectivity index (χ1v) is 8.48. The Bertz CT molecular complexity index is 565. The summed E-state index contributed by atoms with van der Waals surface area (Å²) in [7, 11) is 0. The standard InChI is InChI=1S/C16H25N5O2/c17-16(23)12-6-9-20(11-12)10-7-15(22)19-14-5-8-18-21(14)13-3-1-2-4-13/h5,8,12-13H,1-4,6-7,9-11H2,(H2,17,23)(H,19,22)/t12-/m0/s1. The summed E-state index contributed by atoms with van der Waals surface area (Å²) in [5.74, 6) is 0.477. The lowest BCUT2D eigenvalue weighted by Crippen LogP contribution is -2.29.